The third-order valence-corrected chi connectivity index (χ3v) is 4.75. The Hall–Kier alpha value is -3.29. The lowest BCUT2D eigenvalue weighted by atomic mass is 9.88. The van der Waals surface area contributed by atoms with Crippen LogP contribution < -0.4 is 10.9 Å². The summed E-state index contributed by atoms with van der Waals surface area (Å²) >= 11 is 0. The molecule has 2 atom stereocenters. The van der Waals surface area contributed by atoms with Crippen molar-refractivity contribution in [3.05, 3.63) is 70.1 Å². The topological polar surface area (TPSA) is 105 Å². The summed E-state index contributed by atoms with van der Waals surface area (Å²) in [6, 6.07) is 11.1. The van der Waals surface area contributed by atoms with Crippen LogP contribution in [-0.4, -0.2) is 40.0 Å². The van der Waals surface area contributed by atoms with E-state index in [0.717, 1.165) is 5.56 Å². The minimum atomic E-state index is -1.49. The summed E-state index contributed by atoms with van der Waals surface area (Å²) in [7, 11) is 0. The molecule has 160 valence electrons. The summed E-state index contributed by atoms with van der Waals surface area (Å²) < 4.78 is 14.3. The van der Waals surface area contributed by atoms with Crippen molar-refractivity contribution in [3.8, 4) is 0 Å². The van der Waals surface area contributed by atoms with Crippen molar-refractivity contribution in [2.45, 2.75) is 38.8 Å². The van der Waals surface area contributed by atoms with E-state index in [2.05, 4.69) is 5.32 Å². The van der Waals surface area contributed by atoms with Gasteiger partial charge in [0, 0.05) is 11.8 Å². The van der Waals surface area contributed by atoms with E-state index < -0.39 is 42.7 Å². The number of rotatable bonds is 10. The summed E-state index contributed by atoms with van der Waals surface area (Å²) in [6.07, 6.45) is 0.889. The SMILES string of the molecule is CC(C)C(C(=O)NC(CC(=O)O)C(=O)CF)c1cccn(Cc2ccccc2)c1=O. The summed E-state index contributed by atoms with van der Waals surface area (Å²) in [5, 5.41) is 11.3. The number of carboxylic acid groups (broad SMARTS) is 1. The number of carboxylic acids is 1. The van der Waals surface area contributed by atoms with Crippen molar-refractivity contribution in [1.29, 1.82) is 0 Å². The van der Waals surface area contributed by atoms with Gasteiger partial charge in [-0.2, -0.15) is 0 Å². The molecule has 0 saturated carbocycles. The number of hydrogen-bond donors (Lipinski definition) is 2. The highest BCUT2D eigenvalue weighted by Gasteiger charge is 2.31. The molecule has 8 heteroatoms. The van der Waals surface area contributed by atoms with Crippen LogP contribution in [0.4, 0.5) is 4.39 Å². The molecule has 1 aromatic heterocycles. The molecular formula is C22H25FN2O5. The van der Waals surface area contributed by atoms with Crippen LogP contribution in [0.3, 0.4) is 0 Å². The van der Waals surface area contributed by atoms with Crippen LogP contribution in [0.5, 0.6) is 0 Å². The Labute approximate surface area is 173 Å². The van der Waals surface area contributed by atoms with Crippen LogP contribution >= 0.6 is 0 Å². The van der Waals surface area contributed by atoms with Gasteiger partial charge in [-0.1, -0.05) is 50.2 Å². The lowest BCUT2D eigenvalue weighted by molar-refractivity contribution is -0.140. The fourth-order valence-corrected chi connectivity index (χ4v) is 3.27. The lowest BCUT2D eigenvalue weighted by Gasteiger charge is -2.23. The summed E-state index contributed by atoms with van der Waals surface area (Å²) in [4.78, 5) is 48.6. The number of carbonyl (C=O) groups excluding carboxylic acids is 2. The normalized spacial score (nSPS) is 12.9. The molecule has 0 radical (unpaired) electrons. The van der Waals surface area contributed by atoms with Gasteiger partial charge in [0.15, 0.2) is 5.78 Å². The van der Waals surface area contributed by atoms with Gasteiger partial charge in [0.1, 0.15) is 12.7 Å². The van der Waals surface area contributed by atoms with Gasteiger partial charge >= 0.3 is 5.97 Å². The van der Waals surface area contributed by atoms with Crippen LogP contribution in [0.25, 0.3) is 0 Å². The zero-order chi connectivity index (χ0) is 22.3. The first-order chi connectivity index (χ1) is 14.2. The van der Waals surface area contributed by atoms with Crippen molar-refractivity contribution >= 4 is 17.7 Å². The number of amides is 1. The first-order valence-corrected chi connectivity index (χ1v) is 9.58. The summed E-state index contributed by atoms with van der Waals surface area (Å²) in [6.45, 7) is 2.41. The number of aromatic nitrogens is 1. The molecule has 0 saturated heterocycles. The molecule has 2 aromatic rings. The van der Waals surface area contributed by atoms with Crippen molar-refractivity contribution in [1.82, 2.24) is 9.88 Å². The number of carbonyl (C=O) groups is 3. The third-order valence-electron chi connectivity index (χ3n) is 4.75. The smallest absolute Gasteiger partial charge is 0.305 e. The van der Waals surface area contributed by atoms with E-state index >= 15 is 0 Å². The van der Waals surface area contributed by atoms with Gasteiger partial charge in [0.2, 0.25) is 5.91 Å². The average molecular weight is 416 g/mol. The number of benzene rings is 1. The van der Waals surface area contributed by atoms with Crippen LogP contribution in [-0.2, 0) is 20.9 Å². The Kier molecular flexibility index (Phi) is 8.03. The fraction of sp³-hybridized carbons (Fsp3) is 0.364. The molecule has 0 spiro atoms. The Morgan fingerprint density at radius 1 is 1.10 bits per heavy atom. The number of nitrogens with one attached hydrogen (secondary N) is 1. The largest absolute Gasteiger partial charge is 0.481 e. The number of nitrogens with zero attached hydrogens (tertiary/aromatic N) is 1. The minimum Gasteiger partial charge on any atom is -0.481 e. The van der Waals surface area contributed by atoms with E-state index in [0.29, 0.717) is 6.54 Å². The molecule has 0 aliphatic rings. The zero-order valence-corrected chi connectivity index (χ0v) is 16.9. The minimum absolute atomic E-state index is 0.225. The number of aliphatic carboxylic acids is 1. The Balaban J connectivity index is 2.34. The number of alkyl halides is 1. The van der Waals surface area contributed by atoms with E-state index in [1.807, 2.05) is 30.3 Å². The van der Waals surface area contributed by atoms with Gasteiger partial charge in [-0.05, 0) is 17.5 Å². The van der Waals surface area contributed by atoms with Crippen molar-refractivity contribution in [2.24, 2.45) is 5.92 Å². The Morgan fingerprint density at radius 3 is 2.33 bits per heavy atom. The highest BCUT2D eigenvalue weighted by Crippen LogP contribution is 2.22. The maximum atomic E-state index is 13.0. The third kappa shape index (κ3) is 5.85. The average Bonchev–Trinajstić information content (AvgIpc) is 2.70. The maximum Gasteiger partial charge on any atom is 0.305 e. The summed E-state index contributed by atoms with van der Waals surface area (Å²) in [5.74, 6) is -4.30. The molecule has 1 amide bonds. The lowest BCUT2D eigenvalue weighted by Crippen LogP contribution is -2.46. The molecule has 0 aliphatic heterocycles. The predicted molar refractivity (Wildman–Crippen MR) is 109 cm³/mol. The van der Waals surface area contributed by atoms with E-state index in [-0.39, 0.29) is 17.0 Å². The zero-order valence-electron chi connectivity index (χ0n) is 16.9. The monoisotopic (exact) mass is 416 g/mol. The van der Waals surface area contributed by atoms with E-state index in [9.17, 15) is 23.6 Å². The van der Waals surface area contributed by atoms with E-state index in [4.69, 9.17) is 5.11 Å². The van der Waals surface area contributed by atoms with Crippen LogP contribution in [0.2, 0.25) is 0 Å². The first-order valence-electron chi connectivity index (χ1n) is 9.58. The molecule has 2 N–H and O–H groups in total. The van der Waals surface area contributed by atoms with Crippen LogP contribution in [0, 0.1) is 5.92 Å². The van der Waals surface area contributed by atoms with Crippen molar-refractivity contribution in [3.63, 3.8) is 0 Å². The molecular weight excluding hydrogens is 391 g/mol. The molecule has 0 bridgehead atoms. The van der Waals surface area contributed by atoms with Gasteiger partial charge in [0.05, 0.1) is 18.9 Å². The molecule has 1 heterocycles. The second-order valence-electron chi connectivity index (χ2n) is 7.36. The van der Waals surface area contributed by atoms with Gasteiger partial charge in [0.25, 0.3) is 5.56 Å². The molecule has 1 aromatic carbocycles. The molecule has 0 fully saturated rings. The van der Waals surface area contributed by atoms with Crippen molar-refractivity contribution in [2.75, 3.05) is 6.67 Å². The maximum absolute atomic E-state index is 13.0. The molecule has 30 heavy (non-hydrogen) atoms. The molecule has 0 aliphatic carbocycles. The number of hydrogen-bond acceptors (Lipinski definition) is 4. The number of pyridine rings is 1. The second-order valence-corrected chi connectivity index (χ2v) is 7.36. The molecule has 2 rings (SSSR count). The molecule has 7 nitrogen and oxygen atoms in total. The van der Waals surface area contributed by atoms with E-state index in [1.54, 1.807) is 26.1 Å². The first kappa shape index (κ1) is 23.0. The van der Waals surface area contributed by atoms with Crippen LogP contribution in [0.1, 0.15) is 37.3 Å². The fourth-order valence-electron chi connectivity index (χ4n) is 3.27. The van der Waals surface area contributed by atoms with Crippen LogP contribution in [0.15, 0.2) is 53.5 Å². The van der Waals surface area contributed by atoms with Gasteiger partial charge < -0.3 is 15.0 Å². The standard InChI is InChI=1S/C22H25FN2O5/c1-14(2)20(21(29)24-17(11-19(27)28)18(26)12-23)16-9-6-10-25(22(16)30)13-15-7-4-3-5-8-15/h3-10,14,17,20H,11-13H2,1-2H3,(H,24,29)(H,27,28). The molecule has 2 unspecified atom stereocenters. The highest BCUT2D eigenvalue weighted by molar-refractivity contribution is 5.94. The number of ketones is 1. The van der Waals surface area contributed by atoms with E-state index in [1.165, 1.54) is 10.6 Å². The van der Waals surface area contributed by atoms with Gasteiger partial charge in [-0.3, -0.25) is 19.2 Å². The summed E-state index contributed by atoms with van der Waals surface area (Å²) in [5.41, 5.74) is 0.780. The predicted octanol–water partition coefficient (Wildman–Crippen LogP) is 2.13. The van der Waals surface area contributed by atoms with Gasteiger partial charge in [-0.15, -0.1) is 0 Å². The quantitative estimate of drug-likeness (QED) is 0.617. The number of Topliss-reactive ketones (excluding diaryl/α,β-unsaturated/α-hetero) is 1. The number of halogens is 1. The highest BCUT2D eigenvalue weighted by atomic mass is 19.1. The van der Waals surface area contributed by atoms with Gasteiger partial charge in [-0.25, -0.2) is 4.39 Å². The Bertz CT molecular complexity index is 956. The Morgan fingerprint density at radius 2 is 1.77 bits per heavy atom. The second kappa shape index (κ2) is 10.5. The van der Waals surface area contributed by atoms with Crippen molar-refractivity contribution < 1.29 is 23.9 Å².